The third kappa shape index (κ3) is 3.39. The summed E-state index contributed by atoms with van der Waals surface area (Å²) >= 11 is 5.91. The molecule has 0 fully saturated rings. The largest absolute Gasteiger partial charge is 0.496 e. The number of methoxy groups -OCH3 is 2. The Labute approximate surface area is 120 Å². The quantitative estimate of drug-likeness (QED) is 0.876. The molecule has 0 spiro atoms. The highest BCUT2D eigenvalue weighted by Gasteiger charge is 2.12. The van der Waals surface area contributed by atoms with Gasteiger partial charge in [0.25, 0.3) is 0 Å². The molecule has 1 aromatic carbocycles. The lowest BCUT2D eigenvalue weighted by Gasteiger charge is -2.08. The number of rotatable bonds is 5. The van der Waals surface area contributed by atoms with Gasteiger partial charge in [-0.1, -0.05) is 11.6 Å². The average Bonchev–Trinajstić information content (AvgIpc) is 2.86. The number of ether oxygens (including phenoxy) is 2. The van der Waals surface area contributed by atoms with E-state index in [9.17, 15) is 4.79 Å². The first-order chi connectivity index (χ1) is 9.62. The van der Waals surface area contributed by atoms with Crippen molar-refractivity contribution in [1.82, 2.24) is 15.2 Å². The van der Waals surface area contributed by atoms with Crippen LogP contribution in [0, 0.1) is 0 Å². The van der Waals surface area contributed by atoms with Crippen molar-refractivity contribution in [2.24, 2.45) is 0 Å². The van der Waals surface area contributed by atoms with Crippen molar-refractivity contribution in [3.63, 3.8) is 0 Å². The van der Waals surface area contributed by atoms with Crippen LogP contribution in [0.3, 0.4) is 0 Å². The predicted octanol–water partition coefficient (Wildman–Crippen LogP) is 1.66. The van der Waals surface area contributed by atoms with Crippen LogP contribution in [-0.2, 0) is 11.2 Å². The summed E-state index contributed by atoms with van der Waals surface area (Å²) in [5, 5.41) is 9.37. The molecule has 0 bridgehead atoms. The topological polar surface area (TPSA) is 89.1 Å². The maximum atomic E-state index is 11.9. The van der Waals surface area contributed by atoms with Crippen LogP contribution in [0.2, 0.25) is 5.02 Å². The Morgan fingerprint density at radius 2 is 2.20 bits per heavy atom. The highest BCUT2D eigenvalue weighted by Crippen LogP contribution is 2.23. The Kier molecular flexibility index (Phi) is 4.41. The molecule has 0 aliphatic heterocycles. The van der Waals surface area contributed by atoms with Crippen molar-refractivity contribution < 1.29 is 14.3 Å². The molecule has 0 unspecified atom stereocenters. The van der Waals surface area contributed by atoms with E-state index in [4.69, 9.17) is 21.1 Å². The van der Waals surface area contributed by atoms with Gasteiger partial charge in [-0.25, -0.2) is 5.10 Å². The van der Waals surface area contributed by atoms with E-state index in [0.717, 1.165) is 0 Å². The van der Waals surface area contributed by atoms with Crippen LogP contribution < -0.4 is 14.8 Å². The van der Waals surface area contributed by atoms with Crippen LogP contribution in [0.5, 0.6) is 11.8 Å². The summed E-state index contributed by atoms with van der Waals surface area (Å²) in [5.74, 6) is 0.539. The first-order valence-corrected chi connectivity index (χ1v) is 6.09. The van der Waals surface area contributed by atoms with Crippen LogP contribution >= 0.6 is 11.6 Å². The molecule has 0 saturated heterocycles. The molecular formula is C12H13ClN4O3. The Bertz CT molecular complexity index is 614. The Balaban J connectivity index is 2.06. The highest BCUT2D eigenvalue weighted by atomic mass is 35.5. The number of carbonyl (C=O) groups excluding carboxylic acids is 1. The molecule has 2 rings (SSSR count). The minimum absolute atomic E-state index is 0.104. The van der Waals surface area contributed by atoms with Crippen molar-refractivity contribution in [2.75, 3.05) is 19.5 Å². The van der Waals surface area contributed by atoms with Gasteiger partial charge in [0, 0.05) is 10.6 Å². The zero-order valence-corrected chi connectivity index (χ0v) is 11.7. The van der Waals surface area contributed by atoms with Crippen molar-refractivity contribution >= 4 is 23.5 Å². The molecule has 7 nitrogen and oxygen atoms in total. The minimum Gasteiger partial charge on any atom is -0.496 e. The Hall–Kier alpha value is -2.28. The third-order valence-corrected chi connectivity index (χ3v) is 2.73. The van der Waals surface area contributed by atoms with Gasteiger partial charge in [-0.2, -0.15) is 4.98 Å². The van der Waals surface area contributed by atoms with Crippen LogP contribution in [0.4, 0.5) is 5.95 Å². The smallest absolute Gasteiger partial charge is 0.336 e. The molecule has 2 N–H and O–H groups in total. The van der Waals surface area contributed by atoms with Gasteiger partial charge in [0.15, 0.2) is 0 Å². The fourth-order valence-corrected chi connectivity index (χ4v) is 1.82. The summed E-state index contributed by atoms with van der Waals surface area (Å²) in [5.41, 5.74) is 0.684. The first kappa shape index (κ1) is 14.1. The summed E-state index contributed by atoms with van der Waals surface area (Å²) in [6.07, 6.45) is 0.104. The molecule has 0 saturated carbocycles. The number of carbonyl (C=O) groups is 1. The highest BCUT2D eigenvalue weighted by molar-refractivity contribution is 6.30. The zero-order valence-electron chi connectivity index (χ0n) is 10.9. The molecule has 1 heterocycles. The second-order valence-corrected chi connectivity index (χ2v) is 4.29. The lowest BCUT2D eigenvalue weighted by atomic mass is 10.1. The van der Waals surface area contributed by atoms with E-state index in [1.807, 2.05) is 0 Å². The van der Waals surface area contributed by atoms with E-state index in [2.05, 4.69) is 20.5 Å². The SMILES string of the molecule is COc1n[nH]c(NC(=O)Cc2cc(Cl)ccc2OC)n1. The van der Waals surface area contributed by atoms with Gasteiger partial charge in [0.1, 0.15) is 5.75 Å². The van der Waals surface area contributed by atoms with E-state index in [-0.39, 0.29) is 24.3 Å². The molecule has 8 heteroatoms. The summed E-state index contributed by atoms with van der Waals surface area (Å²) in [7, 11) is 2.97. The fourth-order valence-electron chi connectivity index (χ4n) is 1.63. The molecular weight excluding hydrogens is 284 g/mol. The van der Waals surface area contributed by atoms with Crippen molar-refractivity contribution in [3.8, 4) is 11.8 Å². The van der Waals surface area contributed by atoms with E-state index in [1.165, 1.54) is 14.2 Å². The van der Waals surface area contributed by atoms with Crippen molar-refractivity contribution in [2.45, 2.75) is 6.42 Å². The van der Waals surface area contributed by atoms with Crippen molar-refractivity contribution in [3.05, 3.63) is 28.8 Å². The van der Waals surface area contributed by atoms with Gasteiger partial charge in [-0.3, -0.25) is 10.1 Å². The second kappa shape index (κ2) is 6.25. The third-order valence-electron chi connectivity index (χ3n) is 2.50. The number of H-pyrrole nitrogens is 1. The zero-order chi connectivity index (χ0) is 14.5. The summed E-state index contributed by atoms with van der Waals surface area (Å²) in [6.45, 7) is 0. The molecule has 1 amide bonds. The Morgan fingerprint density at radius 3 is 2.85 bits per heavy atom. The summed E-state index contributed by atoms with van der Waals surface area (Å²) in [6, 6.07) is 5.24. The van der Waals surface area contributed by atoms with Crippen molar-refractivity contribution in [1.29, 1.82) is 0 Å². The molecule has 0 atom stereocenters. The maximum absolute atomic E-state index is 11.9. The molecule has 0 aliphatic rings. The molecule has 106 valence electrons. The number of hydrogen-bond acceptors (Lipinski definition) is 5. The normalized spacial score (nSPS) is 10.2. The van der Waals surface area contributed by atoms with Gasteiger partial charge >= 0.3 is 6.01 Å². The molecule has 0 radical (unpaired) electrons. The van der Waals surface area contributed by atoms with Crippen LogP contribution in [0.15, 0.2) is 18.2 Å². The molecule has 1 aromatic heterocycles. The molecule has 20 heavy (non-hydrogen) atoms. The minimum atomic E-state index is -0.274. The summed E-state index contributed by atoms with van der Waals surface area (Å²) in [4.78, 5) is 15.8. The lowest BCUT2D eigenvalue weighted by molar-refractivity contribution is -0.115. The van der Waals surface area contributed by atoms with E-state index >= 15 is 0 Å². The van der Waals surface area contributed by atoms with Crippen LogP contribution in [0.25, 0.3) is 0 Å². The van der Waals surface area contributed by atoms with Gasteiger partial charge in [0.05, 0.1) is 20.6 Å². The Morgan fingerprint density at radius 1 is 1.40 bits per heavy atom. The van der Waals surface area contributed by atoms with E-state index in [1.54, 1.807) is 18.2 Å². The average molecular weight is 297 g/mol. The maximum Gasteiger partial charge on any atom is 0.336 e. The van der Waals surface area contributed by atoms with E-state index < -0.39 is 0 Å². The number of hydrogen-bond donors (Lipinski definition) is 2. The summed E-state index contributed by atoms with van der Waals surface area (Å²) < 4.78 is 9.98. The van der Waals surface area contributed by atoms with Crippen LogP contribution in [-0.4, -0.2) is 35.3 Å². The second-order valence-electron chi connectivity index (χ2n) is 3.85. The standard InChI is InChI=1S/C12H13ClN4O3/c1-19-9-4-3-8(13)5-7(9)6-10(18)14-11-15-12(20-2)17-16-11/h3-5H,6H2,1-2H3,(H2,14,15,16,17,18). The number of benzene rings is 1. The van der Waals surface area contributed by atoms with Gasteiger partial charge < -0.3 is 9.47 Å². The fraction of sp³-hybridized carbons (Fsp3) is 0.250. The number of nitrogens with zero attached hydrogens (tertiary/aromatic N) is 2. The first-order valence-electron chi connectivity index (χ1n) is 5.71. The number of aromatic nitrogens is 3. The van der Waals surface area contributed by atoms with Crippen LogP contribution in [0.1, 0.15) is 5.56 Å². The van der Waals surface area contributed by atoms with Gasteiger partial charge in [-0.15, -0.1) is 5.10 Å². The number of amides is 1. The molecule has 0 aliphatic carbocycles. The number of anilines is 1. The molecule has 2 aromatic rings. The predicted molar refractivity (Wildman–Crippen MR) is 73.3 cm³/mol. The van der Waals surface area contributed by atoms with E-state index in [0.29, 0.717) is 16.3 Å². The monoisotopic (exact) mass is 296 g/mol. The number of halogens is 1. The number of nitrogens with one attached hydrogen (secondary N) is 2. The number of aromatic amines is 1. The van der Waals surface area contributed by atoms with Gasteiger partial charge in [-0.05, 0) is 18.2 Å². The lowest BCUT2D eigenvalue weighted by Crippen LogP contribution is -2.16. The van der Waals surface area contributed by atoms with Gasteiger partial charge in [0.2, 0.25) is 11.9 Å².